The Morgan fingerprint density at radius 1 is 1.13 bits per heavy atom. The van der Waals surface area contributed by atoms with E-state index in [2.05, 4.69) is 26.7 Å². The molecular formula is C22H18N6O2. The van der Waals surface area contributed by atoms with Crippen LogP contribution in [0.15, 0.2) is 48.8 Å². The molecule has 8 nitrogen and oxygen atoms in total. The van der Waals surface area contributed by atoms with Gasteiger partial charge in [-0.25, -0.2) is 0 Å². The summed E-state index contributed by atoms with van der Waals surface area (Å²) < 4.78 is 1.83. The standard InChI is InChI=1S/C22H18N6O2/c1-14-17(10-19(27-26-14)18-12-24-22(30)7-6-21(18)29)20-8-9-25-28(20)13-16-4-2-15(11-23)3-5-16/h2-5,8-10,12H,6-7,13H2,1H3,(H,24,30). The fraction of sp³-hybridized carbons (Fsp3) is 0.182. The number of carbonyl (C=O) groups is 2. The molecule has 1 amide bonds. The predicted octanol–water partition coefficient (Wildman–Crippen LogP) is 2.39. The van der Waals surface area contributed by atoms with Gasteiger partial charge in [0.1, 0.15) is 0 Å². The Kier molecular flexibility index (Phi) is 5.18. The van der Waals surface area contributed by atoms with E-state index in [1.54, 1.807) is 24.4 Å². The van der Waals surface area contributed by atoms with E-state index in [1.807, 2.05) is 29.8 Å². The van der Waals surface area contributed by atoms with E-state index in [0.717, 1.165) is 16.8 Å². The lowest BCUT2D eigenvalue weighted by Gasteiger charge is -2.11. The number of hydrogen-bond donors (Lipinski definition) is 1. The third-order valence-corrected chi connectivity index (χ3v) is 4.92. The van der Waals surface area contributed by atoms with Crippen LogP contribution in [-0.2, 0) is 16.1 Å². The van der Waals surface area contributed by atoms with Crippen molar-refractivity contribution in [1.29, 1.82) is 5.26 Å². The van der Waals surface area contributed by atoms with Crippen LogP contribution in [0.2, 0.25) is 0 Å². The van der Waals surface area contributed by atoms with Gasteiger partial charge >= 0.3 is 0 Å². The molecule has 1 aromatic carbocycles. The summed E-state index contributed by atoms with van der Waals surface area (Å²) in [6.45, 7) is 2.36. The van der Waals surface area contributed by atoms with E-state index < -0.39 is 0 Å². The number of aryl methyl sites for hydroxylation is 1. The Labute approximate surface area is 172 Å². The summed E-state index contributed by atoms with van der Waals surface area (Å²) in [6.07, 6.45) is 3.41. The van der Waals surface area contributed by atoms with Crippen molar-refractivity contribution in [3.63, 3.8) is 0 Å². The minimum absolute atomic E-state index is 0.138. The zero-order chi connectivity index (χ0) is 21.1. The van der Waals surface area contributed by atoms with Gasteiger partial charge in [-0.05, 0) is 36.8 Å². The zero-order valence-corrected chi connectivity index (χ0v) is 16.3. The summed E-state index contributed by atoms with van der Waals surface area (Å²) in [5.74, 6) is -0.345. The quantitative estimate of drug-likeness (QED) is 0.722. The van der Waals surface area contributed by atoms with Crippen molar-refractivity contribution in [3.8, 4) is 17.3 Å². The number of ketones is 1. The predicted molar refractivity (Wildman–Crippen MR) is 109 cm³/mol. The molecule has 8 heteroatoms. The number of allylic oxidation sites excluding steroid dienone is 1. The average Bonchev–Trinajstić information content (AvgIpc) is 3.14. The van der Waals surface area contributed by atoms with Crippen LogP contribution in [0.5, 0.6) is 0 Å². The molecule has 2 aromatic heterocycles. The molecule has 1 N–H and O–H groups in total. The lowest BCUT2D eigenvalue weighted by Crippen LogP contribution is -2.14. The van der Waals surface area contributed by atoms with Gasteiger partial charge in [-0.2, -0.15) is 20.6 Å². The highest BCUT2D eigenvalue weighted by Gasteiger charge is 2.21. The fourth-order valence-corrected chi connectivity index (χ4v) is 3.27. The summed E-state index contributed by atoms with van der Waals surface area (Å²) in [4.78, 5) is 24.0. The average molecular weight is 398 g/mol. The van der Waals surface area contributed by atoms with Gasteiger partial charge in [-0.15, -0.1) is 0 Å². The maximum absolute atomic E-state index is 12.4. The van der Waals surface area contributed by atoms with Gasteiger partial charge in [0.15, 0.2) is 5.78 Å². The van der Waals surface area contributed by atoms with Crippen molar-refractivity contribution in [1.82, 2.24) is 25.3 Å². The lowest BCUT2D eigenvalue weighted by atomic mass is 10.0. The van der Waals surface area contributed by atoms with Crippen LogP contribution in [0.1, 0.15) is 35.4 Å². The molecule has 1 aliphatic rings. The number of amides is 1. The first-order valence-electron chi connectivity index (χ1n) is 9.44. The van der Waals surface area contributed by atoms with E-state index in [1.165, 1.54) is 6.20 Å². The molecule has 0 spiro atoms. The van der Waals surface area contributed by atoms with Crippen molar-refractivity contribution in [2.45, 2.75) is 26.3 Å². The van der Waals surface area contributed by atoms with E-state index >= 15 is 0 Å². The topological polar surface area (TPSA) is 114 Å². The first-order chi connectivity index (χ1) is 14.5. The zero-order valence-electron chi connectivity index (χ0n) is 16.3. The largest absolute Gasteiger partial charge is 0.332 e. The molecule has 4 rings (SSSR count). The van der Waals surface area contributed by atoms with Crippen molar-refractivity contribution in [2.75, 3.05) is 0 Å². The third-order valence-electron chi connectivity index (χ3n) is 4.92. The van der Waals surface area contributed by atoms with Crippen molar-refractivity contribution >= 4 is 17.3 Å². The van der Waals surface area contributed by atoms with E-state index in [0.29, 0.717) is 29.1 Å². The van der Waals surface area contributed by atoms with E-state index in [4.69, 9.17) is 5.26 Å². The van der Waals surface area contributed by atoms with Gasteiger partial charge in [0.05, 0.1) is 40.8 Å². The third kappa shape index (κ3) is 3.86. The van der Waals surface area contributed by atoms with Crippen LogP contribution in [0, 0.1) is 18.3 Å². The van der Waals surface area contributed by atoms with Crippen LogP contribution in [-0.4, -0.2) is 31.7 Å². The second kappa shape index (κ2) is 8.09. The van der Waals surface area contributed by atoms with Crippen molar-refractivity contribution < 1.29 is 9.59 Å². The molecule has 1 aliphatic heterocycles. The van der Waals surface area contributed by atoms with Crippen LogP contribution in [0.4, 0.5) is 0 Å². The molecule has 0 aliphatic carbocycles. The number of aromatic nitrogens is 4. The van der Waals surface area contributed by atoms with Gasteiger partial charge in [-0.1, -0.05) is 12.1 Å². The SMILES string of the molecule is Cc1nnc(C2=CNC(=O)CCC2=O)cc1-c1ccnn1Cc1ccc(C#N)cc1. The molecule has 0 bridgehead atoms. The highest BCUT2D eigenvalue weighted by atomic mass is 16.2. The maximum Gasteiger partial charge on any atom is 0.224 e. The first-order valence-corrected chi connectivity index (χ1v) is 9.44. The highest BCUT2D eigenvalue weighted by Crippen LogP contribution is 2.26. The Balaban J connectivity index is 1.69. The summed E-state index contributed by atoms with van der Waals surface area (Å²) in [7, 11) is 0. The molecule has 3 aromatic rings. The van der Waals surface area contributed by atoms with Gasteiger partial charge in [0.25, 0.3) is 0 Å². The molecular weight excluding hydrogens is 380 g/mol. The smallest absolute Gasteiger partial charge is 0.224 e. The molecule has 0 radical (unpaired) electrons. The van der Waals surface area contributed by atoms with Gasteiger partial charge in [0, 0.05) is 30.8 Å². The summed E-state index contributed by atoms with van der Waals surface area (Å²) in [6, 6.07) is 13.1. The Morgan fingerprint density at radius 2 is 1.93 bits per heavy atom. The molecule has 3 heterocycles. The van der Waals surface area contributed by atoms with Gasteiger partial charge < -0.3 is 5.32 Å². The second-order valence-electron chi connectivity index (χ2n) is 6.96. The van der Waals surface area contributed by atoms with Gasteiger partial charge in [0.2, 0.25) is 5.91 Å². The number of Topliss-reactive ketones (excluding diaryl/α,β-unsaturated/α-hetero) is 1. The van der Waals surface area contributed by atoms with Crippen molar-refractivity contribution in [2.24, 2.45) is 0 Å². The Morgan fingerprint density at radius 3 is 2.70 bits per heavy atom. The van der Waals surface area contributed by atoms with Crippen LogP contribution in [0.3, 0.4) is 0 Å². The number of nitriles is 1. The van der Waals surface area contributed by atoms with Crippen molar-refractivity contribution in [3.05, 3.63) is 71.3 Å². The number of nitrogens with one attached hydrogen (secondary N) is 1. The van der Waals surface area contributed by atoms with Crippen LogP contribution < -0.4 is 5.32 Å². The second-order valence-corrected chi connectivity index (χ2v) is 6.96. The van der Waals surface area contributed by atoms with E-state index in [-0.39, 0.29) is 24.5 Å². The van der Waals surface area contributed by atoms with Crippen LogP contribution >= 0.6 is 0 Å². The molecule has 0 saturated heterocycles. The summed E-state index contributed by atoms with van der Waals surface area (Å²) >= 11 is 0. The molecule has 0 unspecified atom stereocenters. The molecule has 0 saturated carbocycles. The number of hydrogen-bond acceptors (Lipinski definition) is 6. The number of carbonyl (C=O) groups excluding carboxylic acids is 2. The minimum Gasteiger partial charge on any atom is -0.332 e. The Hall–Kier alpha value is -4.12. The monoisotopic (exact) mass is 398 g/mol. The van der Waals surface area contributed by atoms with E-state index in [9.17, 15) is 9.59 Å². The molecule has 0 atom stereocenters. The molecule has 0 fully saturated rings. The lowest BCUT2D eigenvalue weighted by molar-refractivity contribution is -0.122. The number of nitrogens with zero attached hydrogens (tertiary/aromatic N) is 5. The summed E-state index contributed by atoms with van der Waals surface area (Å²) in [5, 5.41) is 24.4. The molecule has 148 valence electrons. The number of benzene rings is 1. The summed E-state index contributed by atoms with van der Waals surface area (Å²) in [5.41, 5.74) is 4.69. The van der Waals surface area contributed by atoms with Crippen LogP contribution in [0.25, 0.3) is 16.8 Å². The maximum atomic E-state index is 12.4. The highest BCUT2D eigenvalue weighted by molar-refractivity contribution is 6.21. The molecule has 30 heavy (non-hydrogen) atoms. The first kappa shape index (κ1) is 19.2. The fourth-order valence-electron chi connectivity index (χ4n) is 3.27. The number of rotatable bonds is 4. The minimum atomic E-state index is -0.195. The Bertz CT molecular complexity index is 1200. The van der Waals surface area contributed by atoms with Gasteiger partial charge in [-0.3, -0.25) is 14.3 Å². The normalized spacial score (nSPS) is 13.9.